The van der Waals surface area contributed by atoms with Crippen LogP contribution in [0.2, 0.25) is 0 Å². The molecule has 0 unspecified atom stereocenters. The molecule has 2 aromatic rings. The molecule has 0 radical (unpaired) electrons. The molecule has 0 aliphatic carbocycles. The van der Waals surface area contributed by atoms with Gasteiger partial charge in [0.05, 0.1) is 24.9 Å². The van der Waals surface area contributed by atoms with Crippen molar-refractivity contribution in [2.45, 2.75) is 20.5 Å². The quantitative estimate of drug-likeness (QED) is 0.763. The van der Waals surface area contributed by atoms with Crippen LogP contribution >= 0.6 is 0 Å². The predicted octanol–water partition coefficient (Wildman–Crippen LogP) is 1.85. The molecule has 28 heavy (non-hydrogen) atoms. The van der Waals surface area contributed by atoms with E-state index in [0.717, 1.165) is 22.6 Å². The molecule has 0 saturated carbocycles. The summed E-state index contributed by atoms with van der Waals surface area (Å²) >= 11 is 0. The van der Waals surface area contributed by atoms with Crippen LogP contribution in [0, 0.1) is 13.8 Å². The van der Waals surface area contributed by atoms with Gasteiger partial charge in [0.2, 0.25) is 11.8 Å². The fraction of sp³-hybridized carbons (Fsp3) is 0.350. The van der Waals surface area contributed by atoms with Crippen molar-refractivity contribution in [1.29, 1.82) is 0 Å². The van der Waals surface area contributed by atoms with Crippen LogP contribution in [-0.2, 0) is 16.2 Å². The Morgan fingerprint density at radius 3 is 2.86 bits per heavy atom. The Balaban J connectivity index is 1.67. The minimum atomic E-state index is -0.201. The van der Waals surface area contributed by atoms with E-state index >= 15 is 0 Å². The Kier molecular flexibility index (Phi) is 5.98. The molecule has 1 fully saturated rings. The molecule has 3 rings (SSSR count). The van der Waals surface area contributed by atoms with Gasteiger partial charge in [-0.1, -0.05) is 11.2 Å². The minimum Gasteiger partial charge on any atom is -0.493 e. The van der Waals surface area contributed by atoms with Crippen LogP contribution < -0.4 is 14.8 Å². The molecule has 8 nitrogen and oxygen atoms in total. The first-order valence-electron chi connectivity index (χ1n) is 8.94. The molecular weight excluding hydrogens is 362 g/mol. The Bertz CT molecular complexity index is 884. The average Bonchev–Trinajstić information content (AvgIpc) is 3.02. The van der Waals surface area contributed by atoms with Gasteiger partial charge in [0, 0.05) is 19.2 Å². The van der Waals surface area contributed by atoms with Crippen LogP contribution in [-0.4, -0.2) is 48.6 Å². The van der Waals surface area contributed by atoms with Crippen molar-refractivity contribution in [3.63, 3.8) is 0 Å². The van der Waals surface area contributed by atoms with Crippen molar-refractivity contribution in [2.24, 2.45) is 0 Å². The van der Waals surface area contributed by atoms with E-state index in [9.17, 15) is 9.59 Å². The fourth-order valence-corrected chi connectivity index (χ4v) is 2.86. The summed E-state index contributed by atoms with van der Waals surface area (Å²) < 4.78 is 16.4. The summed E-state index contributed by atoms with van der Waals surface area (Å²) in [6, 6.07) is 5.41. The molecule has 1 aliphatic heterocycles. The Morgan fingerprint density at radius 2 is 2.18 bits per heavy atom. The molecule has 2 amide bonds. The van der Waals surface area contributed by atoms with Crippen LogP contribution in [0.1, 0.15) is 22.6 Å². The van der Waals surface area contributed by atoms with Crippen LogP contribution in [0.25, 0.3) is 6.08 Å². The summed E-state index contributed by atoms with van der Waals surface area (Å²) in [6.45, 7) is 5.09. The lowest BCUT2D eigenvalue weighted by Crippen LogP contribution is -2.49. The highest BCUT2D eigenvalue weighted by molar-refractivity contribution is 5.95. The van der Waals surface area contributed by atoms with E-state index in [0.29, 0.717) is 31.2 Å². The monoisotopic (exact) mass is 385 g/mol. The van der Waals surface area contributed by atoms with Crippen molar-refractivity contribution in [3.05, 3.63) is 46.9 Å². The number of hydrogen-bond donors (Lipinski definition) is 1. The van der Waals surface area contributed by atoms with Gasteiger partial charge in [0.25, 0.3) is 0 Å². The third kappa shape index (κ3) is 4.51. The number of hydrogen-bond acceptors (Lipinski definition) is 6. The highest BCUT2D eigenvalue weighted by Crippen LogP contribution is 2.30. The van der Waals surface area contributed by atoms with Crippen molar-refractivity contribution >= 4 is 17.9 Å². The van der Waals surface area contributed by atoms with E-state index in [1.54, 1.807) is 25.3 Å². The lowest BCUT2D eigenvalue weighted by atomic mass is 10.1. The van der Waals surface area contributed by atoms with Gasteiger partial charge in [-0.15, -0.1) is 0 Å². The molecule has 8 heteroatoms. The molecule has 1 aliphatic rings. The molecule has 2 heterocycles. The van der Waals surface area contributed by atoms with Gasteiger partial charge in [-0.05, 0) is 37.6 Å². The van der Waals surface area contributed by atoms with Gasteiger partial charge in [0.15, 0.2) is 11.5 Å². The molecule has 1 aromatic heterocycles. The second-order valence-electron chi connectivity index (χ2n) is 6.44. The highest BCUT2D eigenvalue weighted by atomic mass is 16.5. The van der Waals surface area contributed by atoms with E-state index in [-0.39, 0.29) is 18.4 Å². The lowest BCUT2D eigenvalue weighted by Gasteiger charge is -2.25. The number of carbonyl (C=O) groups excluding carboxylic acids is 2. The molecule has 0 atom stereocenters. The van der Waals surface area contributed by atoms with Crippen LogP contribution in [0.4, 0.5) is 0 Å². The number of amides is 2. The van der Waals surface area contributed by atoms with Crippen LogP contribution in [0.15, 0.2) is 28.8 Å². The SMILES string of the molecule is COc1cc(/C=C/C(=O)N2CCNC(=O)C2)ccc1OCc1c(C)noc1C. The maximum absolute atomic E-state index is 12.2. The first kappa shape index (κ1) is 19.5. The topological polar surface area (TPSA) is 93.9 Å². The summed E-state index contributed by atoms with van der Waals surface area (Å²) in [5.41, 5.74) is 2.49. The maximum atomic E-state index is 12.2. The van der Waals surface area contributed by atoms with E-state index in [4.69, 9.17) is 14.0 Å². The predicted molar refractivity (Wildman–Crippen MR) is 102 cm³/mol. The zero-order chi connectivity index (χ0) is 20.1. The summed E-state index contributed by atoms with van der Waals surface area (Å²) in [5, 5.41) is 6.61. The second-order valence-corrected chi connectivity index (χ2v) is 6.44. The van der Waals surface area contributed by atoms with Crippen LogP contribution in [0.5, 0.6) is 11.5 Å². The first-order chi connectivity index (χ1) is 13.5. The standard InChI is InChI=1S/C20H23N3O5/c1-13-16(14(2)28-22-13)12-27-17-6-4-15(10-18(17)26-3)5-7-20(25)23-9-8-21-19(24)11-23/h4-7,10H,8-9,11-12H2,1-3H3,(H,21,24)/b7-5+. The van der Waals surface area contributed by atoms with Gasteiger partial charge in [0.1, 0.15) is 12.4 Å². The average molecular weight is 385 g/mol. The normalized spacial score (nSPS) is 14.2. The summed E-state index contributed by atoms with van der Waals surface area (Å²) in [7, 11) is 1.56. The smallest absolute Gasteiger partial charge is 0.247 e. The number of aromatic nitrogens is 1. The van der Waals surface area contributed by atoms with Gasteiger partial charge >= 0.3 is 0 Å². The third-order valence-corrected chi connectivity index (χ3v) is 4.51. The van der Waals surface area contributed by atoms with E-state index in [2.05, 4.69) is 10.5 Å². The zero-order valence-electron chi connectivity index (χ0n) is 16.2. The molecule has 148 valence electrons. The summed E-state index contributed by atoms with van der Waals surface area (Å²) in [6.07, 6.45) is 3.15. The fourth-order valence-electron chi connectivity index (χ4n) is 2.86. The molecule has 1 saturated heterocycles. The largest absolute Gasteiger partial charge is 0.493 e. The number of benzene rings is 1. The van der Waals surface area contributed by atoms with Gasteiger partial charge in [-0.2, -0.15) is 0 Å². The van der Waals surface area contributed by atoms with E-state index in [1.165, 1.54) is 11.0 Å². The van der Waals surface area contributed by atoms with Crippen molar-refractivity contribution < 1.29 is 23.6 Å². The molecule has 0 bridgehead atoms. The summed E-state index contributed by atoms with van der Waals surface area (Å²) in [4.78, 5) is 25.1. The van der Waals surface area contributed by atoms with Crippen LogP contribution in [0.3, 0.4) is 0 Å². The Hall–Kier alpha value is -3.29. The number of methoxy groups -OCH3 is 1. The number of aryl methyl sites for hydroxylation is 2. The highest BCUT2D eigenvalue weighted by Gasteiger charge is 2.19. The Labute approximate surface area is 163 Å². The van der Waals surface area contributed by atoms with Gasteiger partial charge in [-0.25, -0.2) is 0 Å². The number of carbonyl (C=O) groups is 2. The molecule has 0 spiro atoms. The van der Waals surface area contributed by atoms with E-state index in [1.807, 2.05) is 19.9 Å². The van der Waals surface area contributed by atoms with Crippen molar-refractivity contribution in [2.75, 3.05) is 26.7 Å². The lowest BCUT2D eigenvalue weighted by molar-refractivity contribution is -0.134. The molecule has 1 aromatic carbocycles. The summed E-state index contributed by atoms with van der Waals surface area (Å²) in [5.74, 6) is 1.51. The number of nitrogens with one attached hydrogen (secondary N) is 1. The number of ether oxygens (including phenoxy) is 2. The first-order valence-corrected chi connectivity index (χ1v) is 8.94. The van der Waals surface area contributed by atoms with Gasteiger partial charge in [-0.3, -0.25) is 9.59 Å². The van der Waals surface area contributed by atoms with Crippen molar-refractivity contribution in [1.82, 2.24) is 15.4 Å². The number of piperazine rings is 1. The van der Waals surface area contributed by atoms with Crippen molar-refractivity contribution in [3.8, 4) is 11.5 Å². The Morgan fingerprint density at radius 1 is 1.36 bits per heavy atom. The number of rotatable bonds is 6. The molecular formula is C20H23N3O5. The second kappa shape index (κ2) is 8.60. The maximum Gasteiger partial charge on any atom is 0.247 e. The zero-order valence-corrected chi connectivity index (χ0v) is 16.2. The third-order valence-electron chi connectivity index (χ3n) is 4.51. The van der Waals surface area contributed by atoms with Gasteiger partial charge < -0.3 is 24.2 Å². The molecule has 1 N–H and O–H groups in total. The number of nitrogens with zero attached hydrogens (tertiary/aromatic N) is 2. The van der Waals surface area contributed by atoms with E-state index < -0.39 is 0 Å². The minimum absolute atomic E-state index is 0.0843.